The first-order valence-electron chi connectivity index (χ1n) is 8.93. The normalized spacial score (nSPS) is 10.1. The number of hydrogen-bond donors (Lipinski definition) is 2. The topological polar surface area (TPSA) is 68.8 Å². The summed E-state index contributed by atoms with van der Waals surface area (Å²) in [7, 11) is 4.61. The fourth-order valence-corrected chi connectivity index (χ4v) is 2.91. The zero-order valence-corrected chi connectivity index (χ0v) is 17.4. The third kappa shape index (κ3) is 5.85. The number of rotatable bonds is 8. The summed E-state index contributed by atoms with van der Waals surface area (Å²) in [5.41, 5.74) is 3.41. The van der Waals surface area contributed by atoms with Gasteiger partial charge >= 0.3 is 5.97 Å². The molecule has 0 aromatic heterocycles. The van der Waals surface area contributed by atoms with E-state index in [0.29, 0.717) is 10.7 Å². The van der Waals surface area contributed by atoms with Gasteiger partial charge in [0, 0.05) is 12.2 Å². The van der Waals surface area contributed by atoms with E-state index in [1.165, 1.54) is 12.7 Å². The fraction of sp³-hybridized carbons (Fsp3) is 0.333. The molecule has 0 unspecified atom stereocenters. The van der Waals surface area contributed by atoms with Crippen molar-refractivity contribution in [3.05, 3.63) is 53.1 Å². The maximum absolute atomic E-state index is 11.7. The van der Waals surface area contributed by atoms with Crippen LogP contribution in [0.25, 0.3) is 0 Å². The molecule has 2 aromatic rings. The summed E-state index contributed by atoms with van der Waals surface area (Å²) in [5.74, 6) is 1.07. The van der Waals surface area contributed by atoms with Gasteiger partial charge in [-0.15, -0.1) is 0 Å². The predicted octanol–water partition coefficient (Wildman–Crippen LogP) is 3.72. The number of hydrogen-bond acceptors (Lipinski definition) is 5. The molecular formula is C21H26N2O4S. The Labute approximate surface area is 171 Å². The lowest BCUT2D eigenvalue weighted by atomic mass is 10.1. The van der Waals surface area contributed by atoms with Crippen molar-refractivity contribution >= 4 is 29.0 Å². The molecule has 0 amide bonds. The molecule has 28 heavy (non-hydrogen) atoms. The highest BCUT2D eigenvalue weighted by Crippen LogP contribution is 2.27. The maximum atomic E-state index is 11.7. The molecule has 0 spiro atoms. The molecule has 0 heterocycles. The van der Waals surface area contributed by atoms with Gasteiger partial charge in [-0.3, -0.25) is 0 Å². The number of nitrogens with one attached hydrogen (secondary N) is 2. The van der Waals surface area contributed by atoms with Gasteiger partial charge in [-0.25, -0.2) is 4.79 Å². The number of thiocarbonyl (C=S) groups is 1. The Kier molecular flexibility index (Phi) is 8.07. The minimum absolute atomic E-state index is 0.378. The summed E-state index contributed by atoms with van der Waals surface area (Å²) in [5, 5.41) is 6.84. The quantitative estimate of drug-likeness (QED) is 0.396. The Morgan fingerprint density at radius 3 is 2.46 bits per heavy atom. The van der Waals surface area contributed by atoms with Crippen LogP contribution in [-0.4, -0.2) is 39.0 Å². The van der Waals surface area contributed by atoms with Gasteiger partial charge < -0.3 is 24.8 Å². The van der Waals surface area contributed by atoms with Gasteiger partial charge in [0.25, 0.3) is 0 Å². The van der Waals surface area contributed by atoms with E-state index in [1.54, 1.807) is 26.4 Å². The van der Waals surface area contributed by atoms with Crippen LogP contribution >= 0.6 is 12.2 Å². The summed E-state index contributed by atoms with van der Waals surface area (Å²) < 4.78 is 15.3. The first kappa shape index (κ1) is 21.5. The van der Waals surface area contributed by atoms with Crippen molar-refractivity contribution in [3.8, 4) is 11.5 Å². The molecule has 2 rings (SSSR count). The molecule has 0 saturated carbocycles. The van der Waals surface area contributed by atoms with E-state index in [-0.39, 0.29) is 5.97 Å². The second-order valence-corrected chi connectivity index (χ2v) is 6.60. The first-order chi connectivity index (χ1) is 13.5. The SMILES string of the molecule is COC(=O)c1ccc(C)c(NC(=S)NCCCc2ccc(OC)c(OC)c2)c1. The molecule has 7 heteroatoms. The van der Waals surface area contributed by atoms with Crippen LogP contribution in [0.2, 0.25) is 0 Å². The van der Waals surface area contributed by atoms with Crippen molar-refractivity contribution in [2.24, 2.45) is 0 Å². The fourth-order valence-electron chi connectivity index (χ4n) is 2.70. The molecule has 6 nitrogen and oxygen atoms in total. The molecule has 2 N–H and O–H groups in total. The average molecular weight is 403 g/mol. The van der Waals surface area contributed by atoms with Gasteiger partial charge in [0.1, 0.15) is 0 Å². The van der Waals surface area contributed by atoms with E-state index in [9.17, 15) is 4.79 Å². The Morgan fingerprint density at radius 2 is 1.79 bits per heavy atom. The van der Waals surface area contributed by atoms with Crippen LogP contribution in [0.3, 0.4) is 0 Å². The lowest BCUT2D eigenvalue weighted by molar-refractivity contribution is 0.0601. The minimum atomic E-state index is -0.378. The zero-order valence-electron chi connectivity index (χ0n) is 16.6. The van der Waals surface area contributed by atoms with Crippen LogP contribution in [0.1, 0.15) is 27.9 Å². The smallest absolute Gasteiger partial charge is 0.337 e. The molecule has 0 aliphatic heterocycles. The molecule has 0 saturated heterocycles. The number of benzene rings is 2. The number of carbonyl (C=O) groups excluding carboxylic acids is 1. The summed E-state index contributed by atoms with van der Waals surface area (Å²) in [4.78, 5) is 11.7. The predicted molar refractivity (Wildman–Crippen MR) is 115 cm³/mol. The molecule has 0 fully saturated rings. The van der Waals surface area contributed by atoms with E-state index in [2.05, 4.69) is 10.6 Å². The minimum Gasteiger partial charge on any atom is -0.493 e. The molecule has 2 aromatic carbocycles. The molecule has 0 aliphatic rings. The Bertz CT molecular complexity index is 839. The number of carbonyl (C=O) groups is 1. The van der Waals surface area contributed by atoms with E-state index in [1.807, 2.05) is 31.2 Å². The average Bonchev–Trinajstić information content (AvgIpc) is 2.71. The third-order valence-electron chi connectivity index (χ3n) is 4.28. The first-order valence-corrected chi connectivity index (χ1v) is 9.34. The highest BCUT2D eigenvalue weighted by atomic mass is 32.1. The summed E-state index contributed by atoms with van der Waals surface area (Å²) in [6.07, 6.45) is 1.78. The van der Waals surface area contributed by atoms with Crippen LogP contribution in [0.15, 0.2) is 36.4 Å². The van der Waals surface area contributed by atoms with Crippen molar-refractivity contribution < 1.29 is 19.0 Å². The van der Waals surface area contributed by atoms with E-state index < -0.39 is 0 Å². The van der Waals surface area contributed by atoms with Crippen molar-refractivity contribution in [3.63, 3.8) is 0 Å². The van der Waals surface area contributed by atoms with E-state index in [4.69, 9.17) is 26.4 Å². The third-order valence-corrected chi connectivity index (χ3v) is 4.53. The second kappa shape index (κ2) is 10.5. The van der Waals surface area contributed by atoms with Crippen LogP contribution in [-0.2, 0) is 11.2 Å². The second-order valence-electron chi connectivity index (χ2n) is 6.20. The lowest BCUT2D eigenvalue weighted by Gasteiger charge is -2.14. The van der Waals surface area contributed by atoms with Crippen molar-refractivity contribution in [1.29, 1.82) is 0 Å². The highest BCUT2D eigenvalue weighted by molar-refractivity contribution is 7.80. The van der Waals surface area contributed by atoms with Crippen LogP contribution < -0.4 is 20.1 Å². The van der Waals surface area contributed by atoms with Crippen LogP contribution in [0, 0.1) is 6.92 Å². The molecule has 0 aliphatic carbocycles. The highest BCUT2D eigenvalue weighted by Gasteiger charge is 2.09. The van der Waals surface area contributed by atoms with Gasteiger partial charge in [-0.2, -0.15) is 0 Å². The summed E-state index contributed by atoms with van der Waals surface area (Å²) in [6, 6.07) is 11.2. The number of anilines is 1. The van der Waals surface area contributed by atoms with Gasteiger partial charge in [0.15, 0.2) is 16.6 Å². The number of methoxy groups -OCH3 is 3. The molecule has 150 valence electrons. The van der Waals surface area contributed by atoms with E-state index >= 15 is 0 Å². The van der Waals surface area contributed by atoms with E-state index in [0.717, 1.165) is 42.1 Å². The van der Waals surface area contributed by atoms with Crippen molar-refractivity contribution in [2.45, 2.75) is 19.8 Å². The van der Waals surface area contributed by atoms with Crippen LogP contribution in [0.5, 0.6) is 11.5 Å². The monoisotopic (exact) mass is 402 g/mol. The standard InChI is InChI=1S/C21H26N2O4S/c1-14-7-9-16(20(24)27-4)13-17(14)23-21(28)22-11-5-6-15-8-10-18(25-2)19(12-15)26-3/h7-10,12-13H,5-6,11H2,1-4H3,(H2,22,23,28). The Balaban J connectivity index is 1.84. The Hall–Kier alpha value is -2.80. The molecule has 0 bridgehead atoms. The van der Waals surface area contributed by atoms with Gasteiger partial charge in [0.2, 0.25) is 0 Å². The van der Waals surface area contributed by atoms with Gasteiger partial charge in [-0.1, -0.05) is 12.1 Å². The Morgan fingerprint density at radius 1 is 1.04 bits per heavy atom. The lowest BCUT2D eigenvalue weighted by Crippen LogP contribution is -2.29. The van der Waals surface area contributed by atoms with Crippen molar-refractivity contribution in [2.75, 3.05) is 33.2 Å². The molecular weight excluding hydrogens is 376 g/mol. The number of ether oxygens (including phenoxy) is 3. The summed E-state index contributed by atoms with van der Waals surface area (Å²) in [6.45, 7) is 2.67. The van der Waals surface area contributed by atoms with Gasteiger partial charge in [0.05, 0.1) is 26.9 Å². The summed E-state index contributed by atoms with van der Waals surface area (Å²) >= 11 is 5.36. The maximum Gasteiger partial charge on any atom is 0.337 e. The largest absolute Gasteiger partial charge is 0.493 e. The number of esters is 1. The zero-order chi connectivity index (χ0) is 20.5. The van der Waals surface area contributed by atoms with Gasteiger partial charge in [-0.05, 0) is 67.4 Å². The van der Waals surface area contributed by atoms with Crippen molar-refractivity contribution in [1.82, 2.24) is 5.32 Å². The van der Waals surface area contributed by atoms with Crippen LogP contribution in [0.4, 0.5) is 5.69 Å². The molecule has 0 radical (unpaired) electrons. The molecule has 0 atom stereocenters. The number of aryl methyl sites for hydroxylation is 2.